The number of nitrogens with one attached hydrogen (secondary N) is 1. The molecule has 0 spiro atoms. The summed E-state index contributed by atoms with van der Waals surface area (Å²) in [5, 5.41) is 3.04. The Kier molecular flexibility index (Phi) is 5.78. The topological polar surface area (TPSA) is 80.1 Å². The molecule has 0 radical (unpaired) electrons. The minimum atomic E-state index is -0.238. The Morgan fingerprint density at radius 2 is 2.00 bits per heavy atom. The van der Waals surface area contributed by atoms with Crippen LogP contribution in [0.15, 0.2) is 34.9 Å². The number of carbonyl (C=O) groups is 1. The number of pyridine rings is 1. The van der Waals surface area contributed by atoms with E-state index in [9.17, 15) is 4.79 Å². The number of ether oxygens (including phenoxy) is 2. The van der Waals surface area contributed by atoms with Crippen LogP contribution >= 0.6 is 0 Å². The summed E-state index contributed by atoms with van der Waals surface area (Å²) >= 11 is 0. The van der Waals surface area contributed by atoms with E-state index in [1.165, 1.54) is 0 Å². The van der Waals surface area contributed by atoms with E-state index >= 15 is 0 Å². The first-order valence-corrected chi connectivity index (χ1v) is 9.78. The molecule has 4 heterocycles. The zero-order valence-corrected chi connectivity index (χ0v) is 16.1. The van der Waals surface area contributed by atoms with Gasteiger partial charge in [0.05, 0.1) is 32.1 Å². The van der Waals surface area contributed by atoms with Crippen molar-refractivity contribution in [3.05, 3.63) is 42.0 Å². The first kappa shape index (κ1) is 18.8. The maximum absolute atomic E-state index is 13.1. The SMILES string of the molecule is CCc1ccc([C@H]2COCCN2C(=O)Nc2cccnc2N2CCOCC2)o1. The summed E-state index contributed by atoms with van der Waals surface area (Å²) in [6.45, 7) is 6.31. The molecule has 8 heteroatoms. The number of nitrogens with zero attached hydrogens (tertiary/aromatic N) is 3. The molecule has 8 nitrogen and oxygen atoms in total. The van der Waals surface area contributed by atoms with Gasteiger partial charge in [0.25, 0.3) is 0 Å². The number of hydrogen-bond donors (Lipinski definition) is 1. The number of carbonyl (C=O) groups excluding carboxylic acids is 1. The van der Waals surface area contributed by atoms with Gasteiger partial charge in [0.1, 0.15) is 17.6 Å². The Hall–Kier alpha value is -2.58. The lowest BCUT2D eigenvalue weighted by atomic mass is 10.2. The number of anilines is 2. The van der Waals surface area contributed by atoms with Crippen LogP contribution in [-0.2, 0) is 15.9 Å². The Morgan fingerprint density at radius 3 is 2.79 bits per heavy atom. The van der Waals surface area contributed by atoms with Gasteiger partial charge in [-0.15, -0.1) is 0 Å². The van der Waals surface area contributed by atoms with E-state index in [0.29, 0.717) is 38.7 Å². The summed E-state index contributed by atoms with van der Waals surface area (Å²) in [6.07, 6.45) is 2.56. The molecule has 0 aromatic carbocycles. The van der Waals surface area contributed by atoms with Gasteiger partial charge in [-0.3, -0.25) is 0 Å². The third-order valence-corrected chi connectivity index (χ3v) is 5.09. The molecule has 2 fully saturated rings. The van der Waals surface area contributed by atoms with Gasteiger partial charge < -0.3 is 29.0 Å². The third kappa shape index (κ3) is 3.98. The number of urea groups is 1. The van der Waals surface area contributed by atoms with Gasteiger partial charge >= 0.3 is 6.03 Å². The summed E-state index contributed by atoms with van der Waals surface area (Å²) in [6, 6.07) is 7.19. The van der Waals surface area contributed by atoms with Crippen LogP contribution in [0.5, 0.6) is 0 Å². The second-order valence-corrected chi connectivity index (χ2v) is 6.85. The number of aromatic nitrogens is 1. The van der Waals surface area contributed by atoms with E-state index in [4.69, 9.17) is 13.9 Å². The molecule has 0 saturated carbocycles. The summed E-state index contributed by atoms with van der Waals surface area (Å²) in [4.78, 5) is 21.5. The number of morpholine rings is 2. The molecule has 0 unspecified atom stereocenters. The summed E-state index contributed by atoms with van der Waals surface area (Å²) in [5.41, 5.74) is 0.702. The molecule has 150 valence electrons. The van der Waals surface area contributed by atoms with Gasteiger partial charge in [0.15, 0.2) is 5.82 Å². The summed E-state index contributed by atoms with van der Waals surface area (Å²) in [5.74, 6) is 2.43. The number of rotatable bonds is 4. The number of furan rings is 1. The van der Waals surface area contributed by atoms with E-state index in [1.54, 1.807) is 11.1 Å². The quantitative estimate of drug-likeness (QED) is 0.870. The van der Waals surface area contributed by atoms with Gasteiger partial charge in [0.2, 0.25) is 0 Å². The molecule has 2 aromatic heterocycles. The number of aryl methyl sites for hydroxylation is 1. The standard InChI is InChI=1S/C20H26N4O4/c1-2-15-5-6-18(28-15)17-14-27-13-10-24(17)20(25)22-16-4-3-7-21-19(16)23-8-11-26-12-9-23/h3-7,17H,2,8-14H2,1H3,(H,22,25)/t17-/m1/s1. The van der Waals surface area contributed by atoms with Gasteiger partial charge in [-0.05, 0) is 24.3 Å². The van der Waals surface area contributed by atoms with Crippen molar-refractivity contribution in [1.82, 2.24) is 9.88 Å². The number of amides is 2. The second kappa shape index (κ2) is 8.62. The maximum atomic E-state index is 13.1. The molecule has 0 aliphatic carbocycles. The number of hydrogen-bond acceptors (Lipinski definition) is 6. The van der Waals surface area contributed by atoms with Crippen molar-refractivity contribution in [3.63, 3.8) is 0 Å². The van der Waals surface area contributed by atoms with E-state index in [-0.39, 0.29) is 12.1 Å². The predicted molar refractivity (Wildman–Crippen MR) is 105 cm³/mol. The summed E-state index contributed by atoms with van der Waals surface area (Å²) in [7, 11) is 0. The molecule has 2 aromatic rings. The molecular weight excluding hydrogens is 360 g/mol. The Balaban J connectivity index is 1.52. The molecule has 2 aliphatic rings. The first-order chi connectivity index (χ1) is 13.8. The Labute approximate surface area is 164 Å². The normalized spacial score (nSPS) is 20.2. The average molecular weight is 386 g/mol. The third-order valence-electron chi connectivity index (χ3n) is 5.09. The van der Waals surface area contributed by atoms with E-state index in [2.05, 4.69) is 15.2 Å². The van der Waals surface area contributed by atoms with Crippen molar-refractivity contribution in [2.75, 3.05) is 56.3 Å². The van der Waals surface area contributed by atoms with Gasteiger partial charge in [-0.2, -0.15) is 0 Å². The fourth-order valence-corrected chi connectivity index (χ4v) is 3.55. The van der Waals surface area contributed by atoms with Crippen molar-refractivity contribution in [1.29, 1.82) is 0 Å². The molecular formula is C20H26N4O4. The zero-order valence-electron chi connectivity index (χ0n) is 16.1. The van der Waals surface area contributed by atoms with Crippen LogP contribution in [0.3, 0.4) is 0 Å². The molecule has 0 bridgehead atoms. The maximum Gasteiger partial charge on any atom is 0.322 e. The Morgan fingerprint density at radius 1 is 1.18 bits per heavy atom. The molecule has 4 rings (SSSR count). The van der Waals surface area contributed by atoms with Crippen molar-refractivity contribution < 1.29 is 18.7 Å². The highest BCUT2D eigenvalue weighted by Crippen LogP contribution is 2.29. The van der Waals surface area contributed by atoms with Crippen LogP contribution in [0.1, 0.15) is 24.5 Å². The molecule has 2 amide bonds. The van der Waals surface area contributed by atoms with Crippen LogP contribution in [-0.4, -0.2) is 62.0 Å². The molecule has 2 saturated heterocycles. The molecule has 1 N–H and O–H groups in total. The summed E-state index contributed by atoms with van der Waals surface area (Å²) < 4.78 is 16.9. The van der Waals surface area contributed by atoms with Crippen molar-refractivity contribution in [2.24, 2.45) is 0 Å². The highest BCUT2D eigenvalue weighted by molar-refractivity contribution is 5.92. The van der Waals surface area contributed by atoms with Crippen LogP contribution < -0.4 is 10.2 Å². The zero-order chi connectivity index (χ0) is 19.3. The Bertz CT molecular complexity index is 803. The monoisotopic (exact) mass is 386 g/mol. The average Bonchev–Trinajstić information content (AvgIpc) is 3.24. The van der Waals surface area contributed by atoms with Gasteiger partial charge in [-0.25, -0.2) is 9.78 Å². The fraction of sp³-hybridized carbons (Fsp3) is 0.500. The van der Waals surface area contributed by atoms with Crippen molar-refractivity contribution >= 4 is 17.5 Å². The van der Waals surface area contributed by atoms with Crippen molar-refractivity contribution in [3.8, 4) is 0 Å². The van der Waals surface area contributed by atoms with Crippen LogP contribution in [0.4, 0.5) is 16.3 Å². The lowest BCUT2D eigenvalue weighted by Gasteiger charge is -2.35. The lowest BCUT2D eigenvalue weighted by Crippen LogP contribution is -2.45. The minimum absolute atomic E-state index is 0.176. The van der Waals surface area contributed by atoms with Crippen LogP contribution in [0.2, 0.25) is 0 Å². The highest BCUT2D eigenvalue weighted by Gasteiger charge is 2.31. The molecule has 2 aliphatic heterocycles. The lowest BCUT2D eigenvalue weighted by molar-refractivity contribution is 0.00702. The predicted octanol–water partition coefficient (Wildman–Crippen LogP) is 2.68. The van der Waals surface area contributed by atoms with E-state index < -0.39 is 0 Å². The highest BCUT2D eigenvalue weighted by atomic mass is 16.5. The van der Waals surface area contributed by atoms with Crippen LogP contribution in [0, 0.1) is 0 Å². The smallest absolute Gasteiger partial charge is 0.322 e. The minimum Gasteiger partial charge on any atom is -0.464 e. The van der Waals surface area contributed by atoms with Gasteiger partial charge in [-0.1, -0.05) is 6.92 Å². The second-order valence-electron chi connectivity index (χ2n) is 6.85. The van der Waals surface area contributed by atoms with Crippen LogP contribution in [0.25, 0.3) is 0 Å². The molecule has 1 atom stereocenters. The van der Waals surface area contributed by atoms with Gasteiger partial charge in [0, 0.05) is 32.3 Å². The fourth-order valence-electron chi connectivity index (χ4n) is 3.55. The van der Waals surface area contributed by atoms with E-state index in [1.807, 2.05) is 31.2 Å². The largest absolute Gasteiger partial charge is 0.464 e. The first-order valence-electron chi connectivity index (χ1n) is 9.78. The van der Waals surface area contributed by atoms with E-state index in [0.717, 1.165) is 36.8 Å². The van der Waals surface area contributed by atoms with Crippen molar-refractivity contribution in [2.45, 2.75) is 19.4 Å². The molecule has 28 heavy (non-hydrogen) atoms.